The van der Waals surface area contributed by atoms with Crippen LogP contribution < -0.4 is 4.74 Å². The van der Waals surface area contributed by atoms with Crippen LogP contribution in [-0.2, 0) is 11.3 Å². The normalized spacial score (nSPS) is 16.1. The Morgan fingerprint density at radius 3 is 2.41 bits per heavy atom. The highest BCUT2D eigenvalue weighted by molar-refractivity contribution is 5.87. The Kier molecular flexibility index (Phi) is 5.75. The van der Waals surface area contributed by atoms with Gasteiger partial charge >= 0.3 is 5.97 Å². The van der Waals surface area contributed by atoms with Gasteiger partial charge in [0.15, 0.2) is 0 Å². The van der Waals surface area contributed by atoms with Gasteiger partial charge in [-0.05, 0) is 24.6 Å². The minimum Gasteiger partial charge on any atom is -0.497 e. The van der Waals surface area contributed by atoms with Crippen molar-refractivity contribution in [2.24, 2.45) is 0 Å². The molecule has 1 saturated heterocycles. The summed E-state index contributed by atoms with van der Waals surface area (Å²) in [6, 6.07) is 7.48. The zero-order valence-corrected chi connectivity index (χ0v) is 15.5. The van der Waals surface area contributed by atoms with E-state index in [1.54, 1.807) is 14.0 Å². The van der Waals surface area contributed by atoms with Crippen molar-refractivity contribution in [2.45, 2.75) is 19.5 Å². The summed E-state index contributed by atoms with van der Waals surface area (Å²) < 4.78 is 6.59. The van der Waals surface area contributed by atoms with E-state index in [4.69, 9.17) is 9.84 Å². The highest BCUT2D eigenvalue weighted by Crippen LogP contribution is 2.16. The number of carboxylic acid groups (broad SMARTS) is 1. The number of methoxy groups -OCH3 is 1. The van der Waals surface area contributed by atoms with Gasteiger partial charge in [0.2, 0.25) is 5.91 Å². The zero-order valence-electron chi connectivity index (χ0n) is 15.5. The third kappa shape index (κ3) is 4.46. The van der Waals surface area contributed by atoms with Crippen LogP contribution in [0.5, 0.6) is 5.75 Å². The highest BCUT2D eigenvalue weighted by Gasteiger charge is 2.26. The second-order valence-electron chi connectivity index (χ2n) is 6.64. The van der Waals surface area contributed by atoms with E-state index in [2.05, 4.69) is 22.1 Å². The first kappa shape index (κ1) is 18.9. The minimum atomic E-state index is -1.05. The Balaban J connectivity index is 1.52. The minimum absolute atomic E-state index is 0.0425. The van der Waals surface area contributed by atoms with Gasteiger partial charge in [0.25, 0.3) is 0 Å². The van der Waals surface area contributed by atoms with Gasteiger partial charge in [0.05, 0.1) is 18.9 Å². The van der Waals surface area contributed by atoms with Crippen LogP contribution in [0.1, 0.15) is 28.9 Å². The van der Waals surface area contributed by atoms with E-state index in [9.17, 15) is 9.59 Å². The lowest BCUT2D eigenvalue weighted by atomic mass is 10.2. The van der Waals surface area contributed by atoms with Crippen molar-refractivity contribution in [2.75, 3.05) is 33.3 Å². The summed E-state index contributed by atoms with van der Waals surface area (Å²) in [5.41, 5.74) is 1.29. The third-order valence-corrected chi connectivity index (χ3v) is 4.85. The van der Waals surface area contributed by atoms with Crippen LogP contribution in [0.15, 0.2) is 36.7 Å². The predicted molar refractivity (Wildman–Crippen MR) is 98.7 cm³/mol. The molecule has 27 heavy (non-hydrogen) atoms. The Bertz CT molecular complexity index is 794. The number of piperazine rings is 1. The predicted octanol–water partition coefficient (Wildman–Crippen LogP) is 1.50. The topological polar surface area (TPSA) is 87.9 Å². The lowest BCUT2D eigenvalue weighted by Crippen LogP contribution is -2.49. The van der Waals surface area contributed by atoms with Gasteiger partial charge in [-0.3, -0.25) is 14.4 Å². The van der Waals surface area contributed by atoms with Gasteiger partial charge in [0, 0.05) is 38.9 Å². The molecule has 1 unspecified atom stereocenters. The van der Waals surface area contributed by atoms with Crippen LogP contribution >= 0.6 is 0 Å². The van der Waals surface area contributed by atoms with E-state index < -0.39 is 12.0 Å². The lowest BCUT2D eigenvalue weighted by Gasteiger charge is -2.36. The molecule has 2 heterocycles. The highest BCUT2D eigenvalue weighted by atomic mass is 16.5. The van der Waals surface area contributed by atoms with Crippen molar-refractivity contribution in [3.63, 3.8) is 0 Å². The molecule has 3 rings (SSSR count). The number of amides is 1. The largest absolute Gasteiger partial charge is 0.497 e. The Labute approximate surface area is 157 Å². The molecular weight excluding hydrogens is 348 g/mol. The first-order valence-corrected chi connectivity index (χ1v) is 8.89. The SMILES string of the molecule is COc1ccc(CN2CCN(C(=O)C(C)n3cc(C(=O)O)cn3)CC2)cc1. The maximum atomic E-state index is 12.7. The number of carboxylic acids is 1. The van der Waals surface area contributed by atoms with Crippen molar-refractivity contribution >= 4 is 11.9 Å². The van der Waals surface area contributed by atoms with Gasteiger partial charge in [0.1, 0.15) is 11.8 Å². The molecule has 1 aromatic heterocycles. The van der Waals surface area contributed by atoms with Gasteiger partial charge in [-0.25, -0.2) is 4.79 Å². The number of hydrogen-bond acceptors (Lipinski definition) is 5. The second-order valence-corrected chi connectivity index (χ2v) is 6.64. The van der Waals surface area contributed by atoms with E-state index in [-0.39, 0.29) is 11.5 Å². The molecule has 0 radical (unpaired) electrons. The van der Waals surface area contributed by atoms with Crippen molar-refractivity contribution < 1.29 is 19.4 Å². The van der Waals surface area contributed by atoms with Crippen molar-refractivity contribution in [3.8, 4) is 5.75 Å². The number of ether oxygens (including phenoxy) is 1. The summed E-state index contributed by atoms with van der Waals surface area (Å²) in [6.07, 6.45) is 2.66. The van der Waals surface area contributed by atoms with Crippen molar-refractivity contribution in [3.05, 3.63) is 47.8 Å². The molecule has 1 fully saturated rings. The molecule has 0 aliphatic carbocycles. The van der Waals surface area contributed by atoms with Crippen molar-refractivity contribution in [1.82, 2.24) is 19.6 Å². The molecule has 1 N–H and O–H groups in total. The van der Waals surface area contributed by atoms with Crippen LogP contribution in [0.4, 0.5) is 0 Å². The Morgan fingerprint density at radius 1 is 1.19 bits per heavy atom. The molecule has 1 aromatic carbocycles. The molecule has 1 aliphatic rings. The fourth-order valence-electron chi connectivity index (χ4n) is 3.15. The average Bonchev–Trinajstić information content (AvgIpc) is 3.18. The van der Waals surface area contributed by atoms with Gasteiger partial charge in [-0.15, -0.1) is 0 Å². The van der Waals surface area contributed by atoms with E-state index >= 15 is 0 Å². The lowest BCUT2D eigenvalue weighted by molar-refractivity contribution is -0.136. The zero-order chi connectivity index (χ0) is 19.4. The fourth-order valence-corrected chi connectivity index (χ4v) is 3.15. The number of aromatic carboxylic acids is 1. The van der Waals surface area contributed by atoms with E-state index in [0.717, 1.165) is 25.4 Å². The number of carbonyl (C=O) groups is 2. The summed E-state index contributed by atoms with van der Waals surface area (Å²) in [7, 11) is 1.65. The molecule has 0 saturated carbocycles. The third-order valence-electron chi connectivity index (χ3n) is 4.85. The first-order chi connectivity index (χ1) is 13.0. The van der Waals surface area contributed by atoms with E-state index in [0.29, 0.717) is 13.1 Å². The van der Waals surface area contributed by atoms with Crippen LogP contribution in [-0.4, -0.2) is 69.9 Å². The van der Waals surface area contributed by atoms with Crippen LogP contribution in [0.25, 0.3) is 0 Å². The molecule has 1 atom stereocenters. The molecule has 144 valence electrons. The summed E-state index contributed by atoms with van der Waals surface area (Å²) in [6.45, 7) is 5.46. The van der Waals surface area contributed by atoms with Crippen LogP contribution in [0.2, 0.25) is 0 Å². The number of benzene rings is 1. The number of aromatic nitrogens is 2. The Hall–Kier alpha value is -2.87. The summed E-state index contributed by atoms with van der Waals surface area (Å²) in [4.78, 5) is 27.8. The maximum absolute atomic E-state index is 12.7. The monoisotopic (exact) mass is 372 g/mol. The smallest absolute Gasteiger partial charge is 0.338 e. The number of rotatable bonds is 6. The van der Waals surface area contributed by atoms with Crippen LogP contribution in [0.3, 0.4) is 0 Å². The molecule has 1 aliphatic heterocycles. The summed E-state index contributed by atoms with van der Waals surface area (Å²) in [5.74, 6) is -0.250. The Morgan fingerprint density at radius 2 is 1.85 bits per heavy atom. The molecule has 0 bridgehead atoms. The quantitative estimate of drug-likeness (QED) is 0.827. The van der Waals surface area contributed by atoms with Gasteiger partial charge in [-0.2, -0.15) is 5.10 Å². The maximum Gasteiger partial charge on any atom is 0.338 e. The van der Waals surface area contributed by atoms with Gasteiger partial charge < -0.3 is 14.7 Å². The summed E-state index contributed by atoms with van der Waals surface area (Å²) >= 11 is 0. The molecule has 8 nitrogen and oxygen atoms in total. The molecule has 2 aromatic rings. The standard InChI is InChI=1S/C19H24N4O4/c1-14(23-13-16(11-20-23)19(25)26)18(24)22-9-7-21(8-10-22)12-15-3-5-17(27-2)6-4-15/h3-6,11,13-14H,7-10,12H2,1-2H3,(H,25,26). The number of carbonyl (C=O) groups excluding carboxylic acids is 1. The molecule has 8 heteroatoms. The molecule has 0 spiro atoms. The number of nitrogens with zero attached hydrogens (tertiary/aromatic N) is 4. The van der Waals surface area contributed by atoms with Gasteiger partial charge in [-0.1, -0.05) is 12.1 Å². The average molecular weight is 372 g/mol. The van der Waals surface area contributed by atoms with Crippen molar-refractivity contribution in [1.29, 1.82) is 0 Å². The molecule has 1 amide bonds. The fraction of sp³-hybridized carbons (Fsp3) is 0.421. The van der Waals surface area contributed by atoms with E-state index in [1.807, 2.05) is 17.0 Å². The number of hydrogen-bond donors (Lipinski definition) is 1. The second kappa shape index (κ2) is 8.22. The van der Waals surface area contributed by atoms with Crippen LogP contribution in [0, 0.1) is 0 Å². The molecular formula is C19H24N4O4. The summed E-state index contributed by atoms with van der Waals surface area (Å²) in [5, 5.41) is 13.0. The van der Waals surface area contributed by atoms with E-state index in [1.165, 1.54) is 22.6 Å². The first-order valence-electron chi connectivity index (χ1n) is 8.89.